The Morgan fingerprint density at radius 2 is 1.44 bits per heavy atom. The molecule has 0 bridgehead atoms. The summed E-state index contributed by atoms with van der Waals surface area (Å²) < 4.78 is 19.9. The Bertz CT molecular complexity index is 347. The van der Waals surface area contributed by atoms with Crippen LogP contribution >= 0.6 is 10.6 Å². The van der Waals surface area contributed by atoms with Gasteiger partial charge >= 0.3 is 0 Å². The van der Waals surface area contributed by atoms with E-state index in [0.717, 1.165) is 0 Å². The first-order valence-corrected chi connectivity index (χ1v) is 7.08. The zero-order chi connectivity index (χ0) is 12.6. The van der Waals surface area contributed by atoms with Gasteiger partial charge in [-0.05, 0) is 44.4 Å². The topological polar surface area (TPSA) is 40.5 Å². The second-order valence-electron chi connectivity index (χ2n) is 5.38. The molecule has 0 aliphatic carbocycles. The van der Waals surface area contributed by atoms with E-state index in [9.17, 15) is 9.11 Å². The molecule has 1 rings (SSSR count). The van der Waals surface area contributed by atoms with E-state index in [1.54, 1.807) is 0 Å². The van der Waals surface area contributed by atoms with E-state index >= 15 is 0 Å². The standard InChI is InChI=1S/C13H22O2S/c1-10(2)11-6-8-12(9-7-11)16(14,15)13(3,4)5/h6-10,14-15H,1-5H3. The first kappa shape index (κ1) is 13.6. The Labute approximate surface area is 100 Å². The maximum absolute atomic E-state index is 10.2. The van der Waals surface area contributed by atoms with Gasteiger partial charge in [-0.2, -0.15) is 10.6 Å². The first-order chi connectivity index (χ1) is 7.16. The van der Waals surface area contributed by atoms with Gasteiger partial charge in [0.25, 0.3) is 0 Å². The molecule has 0 unspecified atom stereocenters. The fourth-order valence-corrected chi connectivity index (χ4v) is 2.62. The first-order valence-electron chi connectivity index (χ1n) is 5.54. The molecular formula is C13H22O2S. The highest BCUT2D eigenvalue weighted by Crippen LogP contribution is 2.58. The molecule has 0 atom stereocenters. The van der Waals surface area contributed by atoms with E-state index < -0.39 is 15.3 Å². The Hall–Kier alpha value is -0.510. The molecule has 0 aliphatic heterocycles. The van der Waals surface area contributed by atoms with Crippen molar-refractivity contribution in [3.8, 4) is 0 Å². The third-order valence-electron chi connectivity index (χ3n) is 2.73. The van der Waals surface area contributed by atoms with Gasteiger partial charge in [-0.1, -0.05) is 26.0 Å². The van der Waals surface area contributed by atoms with E-state index in [0.29, 0.717) is 10.8 Å². The van der Waals surface area contributed by atoms with Crippen molar-refractivity contribution in [2.75, 3.05) is 0 Å². The van der Waals surface area contributed by atoms with Crippen LogP contribution in [0.3, 0.4) is 0 Å². The Morgan fingerprint density at radius 1 is 1.00 bits per heavy atom. The lowest BCUT2D eigenvalue weighted by atomic mass is 10.0. The Morgan fingerprint density at radius 3 is 1.75 bits per heavy atom. The summed E-state index contributed by atoms with van der Waals surface area (Å²) >= 11 is 0. The molecule has 1 aromatic rings. The predicted octanol–water partition coefficient (Wildman–Crippen LogP) is 4.72. The lowest BCUT2D eigenvalue weighted by molar-refractivity contribution is 0.450. The van der Waals surface area contributed by atoms with Gasteiger partial charge in [0, 0.05) is 0 Å². The van der Waals surface area contributed by atoms with E-state index in [1.807, 2.05) is 45.0 Å². The molecule has 2 N–H and O–H groups in total. The quantitative estimate of drug-likeness (QED) is 0.788. The van der Waals surface area contributed by atoms with Crippen molar-refractivity contribution in [3.63, 3.8) is 0 Å². The van der Waals surface area contributed by atoms with Crippen molar-refractivity contribution < 1.29 is 9.11 Å². The minimum atomic E-state index is -2.72. The average molecular weight is 242 g/mol. The molecule has 0 aliphatic rings. The van der Waals surface area contributed by atoms with Crippen LogP contribution in [0.2, 0.25) is 0 Å². The highest BCUT2D eigenvalue weighted by atomic mass is 32.3. The average Bonchev–Trinajstić information content (AvgIpc) is 2.16. The van der Waals surface area contributed by atoms with Gasteiger partial charge in [0.15, 0.2) is 0 Å². The van der Waals surface area contributed by atoms with Crippen molar-refractivity contribution >= 4 is 10.6 Å². The van der Waals surface area contributed by atoms with E-state index in [4.69, 9.17) is 0 Å². The summed E-state index contributed by atoms with van der Waals surface area (Å²) in [5.74, 6) is 0.463. The monoisotopic (exact) mass is 242 g/mol. The van der Waals surface area contributed by atoms with E-state index in [1.165, 1.54) is 5.56 Å². The molecule has 0 amide bonds. The van der Waals surface area contributed by atoms with Gasteiger partial charge < -0.3 is 0 Å². The minimum Gasteiger partial charge on any atom is -0.294 e. The molecule has 3 heteroatoms. The van der Waals surface area contributed by atoms with Gasteiger partial charge in [-0.15, -0.1) is 0 Å². The number of hydrogen-bond donors (Lipinski definition) is 2. The summed E-state index contributed by atoms with van der Waals surface area (Å²) in [4.78, 5) is 0.629. The molecule has 0 saturated heterocycles. The highest BCUT2D eigenvalue weighted by Gasteiger charge is 2.30. The lowest BCUT2D eigenvalue weighted by Crippen LogP contribution is -2.24. The molecule has 0 spiro atoms. The second kappa shape index (κ2) is 4.40. The molecule has 16 heavy (non-hydrogen) atoms. The Kier molecular flexibility index (Phi) is 3.72. The molecule has 0 radical (unpaired) electrons. The molecule has 0 heterocycles. The molecular weight excluding hydrogens is 220 g/mol. The molecule has 1 aromatic carbocycles. The SMILES string of the molecule is CC(C)c1ccc(S(O)(O)C(C)(C)C)cc1. The van der Waals surface area contributed by atoms with Gasteiger partial charge in [-0.3, -0.25) is 9.11 Å². The van der Waals surface area contributed by atoms with Crippen LogP contribution in [0.5, 0.6) is 0 Å². The van der Waals surface area contributed by atoms with Gasteiger partial charge in [0.2, 0.25) is 0 Å². The third kappa shape index (κ3) is 2.59. The summed E-state index contributed by atoms with van der Waals surface area (Å²) in [5.41, 5.74) is 1.22. The zero-order valence-corrected chi connectivity index (χ0v) is 11.5. The van der Waals surface area contributed by atoms with E-state index in [-0.39, 0.29) is 0 Å². The molecule has 0 aromatic heterocycles. The second-order valence-corrected chi connectivity index (χ2v) is 8.18. The van der Waals surface area contributed by atoms with Crippen molar-refractivity contribution in [3.05, 3.63) is 29.8 Å². The van der Waals surface area contributed by atoms with Crippen LogP contribution in [-0.4, -0.2) is 13.9 Å². The maximum atomic E-state index is 10.2. The zero-order valence-electron chi connectivity index (χ0n) is 10.7. The third-order valence-corrected chi connectivity index (χ3v) is 5.37. The number of benzene rings is 1. The minimum absolute atomic E-state index is 0.463. The highest BCUT2D eigenvalue weighted by molar-refractivity contribution is 8.25. The fraction of sp³-hybridized carbons (Fsp3) is 0.538. The van der Waals surface area contributed by atoms with Crippen LogP contribution in [0.4, 0.5) is 0 Å². The summed E-state index contributed by atoms with van der Waals surface area (Å²) in [7, 11) is -2.72. The molecule has 0 fully saturated rings. The molecule has 92 valence electrons. The summed E-state index contributed by atoms with van der Waals surface area (Å²) in [6.07, 6.45) is 0. The van der Waals surface area contributed by atoms with Gasteiger partial charge in [0.1, 0.15) is 0 Å². The van der Waals surface area contributed by atoms with Crippen molar-refractivity contribution in [1.29, 1.82) is 0 Å². The van der Waals surface area contributed by atoms with Crippen molar-refractivity contribution in [2.45, 2.75) is 50.2 Å². The Balaban J connectivity index is 3.07. The van der Waals surface area contributed by atoms with Crippen LogP contribution in [0.1, 0.15) is 46.1 Å². The van der Waals surface area contributed by atoms with E-state index in [2.05, 4.69) is 13.8 Å². The predicted molar refractivity (Wildman–Crippen MR) is 71.4 cm³/mol. The summed E-state index contributed by atoms with van der Waals surface area (Å²) in [5, 5.41) is 0. The van der Waals surface area contributed by atoms with Crippen LogP contribution in [-0.2, 0) is 0 Å². The lowest BCUT2D eigenvalue weighted by Gasteiger charge is -2.44. The van der Waals surface area contributed by atoms with Gasteiger partial charge in [0.05, 0.1) is 9.64 Å². The number of hydrogen-bond acceptors (Lipinski definition) is 2. The fourth-order valence-electron chi connectivity index (χ4n) is 1.40. The molecule has 0 saturated carbocycles. The van der Waals surface area contributed by atoms with Crippen molar-refractivity contribution in [2.24, 2.45) is 0 Å². The van der Waals surface area contributed by atoms with Crippen LogP contribution in [0.25, 0.3) is 0 Å². The maximum Gasteiger partial charge on any atom is 0.0589 e. The normalized spacial score (nSPS) is 14.2. The largest absolute Gasteiger partial charge is 0.294 e. The van der Waals surface area contributed by atoms with Crippen LogP contribution < -0.4 is 0 Å². The van der Waals surface area contributed by atoms with Crippen molar-refractivity contribution in [1.82, 2.24) is 0 Å². The summed E-state index contributed by atoms with van der Waals surface area (Å²) in [6.45, 7) is 9.78. The van der Waals surface area contributed by atoms with Gasteiger partial charge in [-0.25, -0.2) is 0 Å². The van der Waals surface area contributed by atoms with Crippen LogP contribution in [0.15, 0.2) is 29.2 Å². The van der Waals surface area contributed by atoms with Crippen LogP contribution in [0, 0.1) is 0 Å². The number of rotatable bonds is 2. The molecule has 2 nitrogen and oxygen atoms in total. The summed E-state index contributed by atoms with van der Waals surface area (Å²) in [6, 6.07) is 7.60. The smallest absolute Gasteiger partial charge is 0.0589 e.